The fraction of sp³-hybridized carbons (Fsp3) is 0.722. The van der Waals surface area contributed by atoms with Crippen LogP contribution in [0, 0.1) is 0 Å². The van der Waals surface area contributed by atoms with Crippen LogP contribution in [0.1, 0.15) is 46.4 Å². The van der Waals surface area contributed by atoms with Gasteiger partial charge < -0.3 is 14.2 Å². The van der Waals surface area contributed by atoms with Crippen molar-refractivity contribution in [3.63, 3.8) is 0 Å². The average molecular weight is 331 g/mol. The highest BCUT2D eigenvalue weighted by Crippen LogP contribution is 2.36. The van der Waals surface area contributed by atoms with Crippen molar-refractivity contribution >= 4 is 12.6 Å². The summed E-state index contributed by atoms with van der Waals surface area (Å²) in [5.41, 5.74) is 1.51. The summed E-state index contributed by atoms with van der Waals surface area (Å²) >= 11 is 0. The fourth-order valence-electron chi connectivity index (χ4n) is 3.22. The number of hydrogen-bond donors (Lipinski definition) is 0. The minimum Gasteiger partial charge on any atom is -0.399 e. The van der Waals surface area contributed by atoms with E-state index in [-0.39, 0.29) is 18.3 Å². The molecule has 6 heteroatoms. The molecule has 0 spiro atoms. The van der Waals surface area contributed by atoms with Crippen LogP contribution in [-0.4, -0.2) is 66.3 Å². The van der Waals surface area contributed by atoms with Gasteiger partial charge in [-0.15, -0.1) is 0 Å². The number of aromatic nitrogens is 1. The number of pyridine rings is 1. The first-order valence-corrected chi connectivity index (χ1v) is 8.94. The third kappa shape index (κ3) is 3.38. The SMILES string of the molecule is CC(c1cc(B2OC(C)(C)C(C)(C)O2)ccn1)N1CCN(C)CC1. The monoisotopic (exact) mass is 331 g/mol. The van der Waals surface area contributed by atoms with Gasteiger partial charge in [0.25, 0.3) is 0 Å². The van der Waals surface area contributed by atoms with Crippen molar-refractivity contribution < 1.29 is 9.31 Å². The summed E-state index contributed by atoms with van der Waals surface area (Å²) in [6.45, 7) is 15.0. The molecule has 2 aliphatic rings. The zero-order chi connectivity index (χ0) is 17.5. The van der Waals surface area contributed by atoms with Crippen LogP contribution in [0.25, 0.3) is 0 Å². The molecule has 3 rings (SSSR count). The molecule has 5 nitrogen and oxygen atoms in total. The molecule has 0 aliphatic carbocycles. The Morgan fingerprint density at radius 1 is 1.08 bits per heavy atom. The highest BCUT2D eigenvalue weighted by molar-refractivity contribution is 6.62. The molecule has 0 saturated carbocycles. The Kier molecular flexibility index (Phi) is 4.77. The number of hydrogen-bond acceptors (Lipinski definition) is 5. The van der Waals surface area contributed by atoms with E-state index in [0.29, 0.717) is 6.04 Å². The molecule has 3 heterocycles. The van der Waals surface area contributed by atoms with E-state index in [1.807, 2.05) is 12.3 Å². The third-order valence-corrected chi connectivity index (χ3v) is 5.84. The summed E-state index contributed by atoms with van der Waals surface area (Å²) in [6.07, 6.45) is 1.88. The predicted molar refractivity (Wildman–Crippen MR) is 97.4 cm³/mol. The van der Waals surface area contributed by atoms with Gasteiger partial charge in [0.1, 0.15) is 0 Å². The lowest BCUT2D eigenvalue weighted by Gasteiger charge is -2.36. The molecule has 2 fully saturated rings. The Labute approximate surface area is 146 Å². The minimum absolute atomic E-state index is 0.307. The van der Waals surface area contributed by atoms with Gasteiger partial charge in [0.15, 0.2) is 0 Å². The second kappa shape index (κ2) is 6.41. The molecule has 0 bridgehead atoms. The van der Waals surface area contributed by atoms with Gasteiger partial charge in [-0.2, -0.15) is 0 Å². The van der Waals surface area contributed by atoms with Crippen molar-refractivity contribution in [3.8, 4) is 0 Å². The maximum absolute atomic E-state index is 6.17. The second-order valence-corrected chi connectivity index (χ2v) is 8.12. The lowest BCUT2D eigenvalue weighted by molar-refractivity contribution is 0.00578. The van der Waals surface area contributed by atoms with E-state index in [1.54, 1.807) is 0 Å². The summed E-state index contributed by atoms with van der Waals surface area (Å²) < 4.78 is 12.3. The quantitative estimate of drug-likeness (QED) is 0.788. The van der Waals surface area contributed by atoms with Crippen molar-refractivity contribution in [1.82, 2.24) is 14.8 Å². The van der Waals surface area contributed by atoms with E-state index in [9.17, 15) is 0 Å². The Bertz CT molecular complexity index is 569. The predicted octanol–water partition coefficient (Wildman–Crippen LogP) is 1.69. The first kappa shape index (κ1) is 17.9. The molecule has 2 aliphatic heterocycles. The summed E-state index contributed by atoms with van der Waals surface area (Å²) in [5.74, 6) is 0. The van der Waals surface area contributed by atoms with Crippen LogP contribution in [0.4, 0.5) is 0 Å². The molecule has 1 atom stereocenters. The Morgan fingerprint density at radius 2 is 1.67 bits per heavy atom. The van der Waals surface area contributed by atoms with Crippen molar-refractivity contribution in [2.75, 3.05) is 33.2 Å². The van der Waals surface area contributed by atoms with Gasteiger partial charge >= 0.3 is 7.12 Å². The average Bonchev–Trinajstić information content (AvgIpc) is 2.76. The summed E-state index contributed by atoms with van der Waals surface area (Å²) in [7, 11) is 1.86. The minimum atomic E-state index is -0.323. The van der Waals surface area contributed by atoms with Crippen molar-refractivity contribution in [2.45, 2.75) is 51.9 Å². The summed E-state index contributed by atoms with van der Waals surface area (Å²) in [6, 6.07) is 4.45. The fourth-order valence-corrected chi connectivity index (χ4v) is 3.22. The standard InChI is InChI=1S/C18H30BN3O2/c1-14(22-11-9-21(6)10-12-22)16-13-15(7-8-20-16)19-23-17(2,3)18(4,5)24-19/h7-8,13-14H,9-12H2,1-6H3. The van der Waals surface area contributed by atoms with Crippen LogP contribution in [-0.2, 0) is 9.31 Å². The smallest absolute Gasteiger partial charge is 0.399 e. The summed E-state index contributed by atoms with van der Waals surface area (Å²) in [4.78, 5) is 9.48. The van der Waals surface area contributed by atoms with E-state index in [4.69, 9.17) is 9.31 Å². The van der Waals surface area contributed by atoms with Crippen LogP contribution in [0.3, 0.4) is 0 Å². The maximum atomic E-state index is 6.17. The van der Waals surface area contributed by atoms with Crippen molar-refractivity contribution in [2.24, 2.45) is 0 Å². The third-order valence-electron chi connectivity index (χ3n) is 5.84. The molecule has 0 radical (unpaired) electrons. The second-order valence-electron chi connectivity index (χ2n) is 8.12. The van der Waals surface area contributed by atoms with Gasteiger partial charge in [0.05, 0.1) is 16.9 Å². The normalized spacial score (nSPS) is 25.8. The van der Waals surface area contributed by atoms with Gasteiger partial charge in [0.2, 0.25) is 0 Å². The summed E-state index contributed by atoms with van der Waals surface area (Å²) in [5, 5.41) is 0. The first-order valence-electron chi connectivity index (χ1n) is 8.94. The van der Waals surface area contributed by atoms with Gasteiger partial charge in [-0.3, -0.25) is 9.88 Å². The molecule has 0 N–H and O–H groups in total. The molecular weight excluding hydrogens is 301 g/mol. The van der Waals surface area contributed by atoms with Crippen LogP contribution < -0.4 is 5.46 Å². The zero-order valence-electron chi connectivity index (χ0n) is 15.9. The maximum Gasteiger partial charge on any atom is 0.494 e. The Balaban J connectivity index is 1.75. The van der Waals surface area contributed by atoms with Gasteiger partial charge in [-0.1, -0.05) is 0 Å². The Hall–Kier alpha value is -0.945. The van der Waals surface area contributed by atoms with Crippen LogP contribution >= 0.6 is 0 Å². The molecular formula is C18H30BN3O2. The number of rotatable bonds is 3. The van der Waals surface area contributed by atoms with Crippen LogP contribution in [0.2, 0.25) is 0 Å². The zero-order valence-corrected chi connectivity index (χ0v) is 15.9. The lowest BCUT2D eigenvalue weighted by Crippen LogP contribution is -2.45. The van der Waals surface area contributed by atoms with E-state index < -0.39 is 0 Å². The van der Waals surface area contributed by atoms with Gasteiger partial charge in [-0.05, 0) is 59.3 Å². The van der Waals surface area contributed by atoms with E-state index in [1.165, 1.54) is 0 Å². The molecule has 0 amide bonds. The number of nitrogens with zero attached hydrogens (tertiary/aromatic N) is 3. The molecule has 2 saturated heterocycles. The topological polar surface area (TPSA) is 37.8 Å². The van der Waals surface area contributed by atoms with Crippen molar-refractivity contribution in [3.05, 3.63) is 24.0 Å². The van der Waals surface area contributed by atoms with E-state index in [2.05, 4.69) is 62.5 Å². The number of piperazine rings is 1. The van der Waals surface area contributed by atoms with E-state index in [0.717, 1.165) is 37.3 Å². The molecule has 0 aromatic carbocycles. The molecule has 24 heavy (non-hydrogen) atoms. The first-order chi connectivity index (χ1) is 11.2. The lowest BCUT2D eigenvalue weighted by atomic mass is 9.79. The highest BCUT2D eigenvalue weighted by atomic mass is 16.7. The number of likely N-dealkylation sites (N-methyl/N-ethyl adjacent to an activating group) is 1. The van der Waals surface area contributed by atoms with Crippen molar-refractivity contribution in [1.29, 1.82) is 0 Å². The van der Waals surface area contributed by atoms with Crippen LogP contribution in [0.5, 0.6) is 0 Å². The molecule has 1 aromatic rings. The molecule has 1 unspecified atom stereocenters. The van der Waals surface area contributed by atoms with Gasteiger partial charge in [0, 0.05) is 38.4 Å². The molecule has 132 valence electrons. The van der Waals surface area contributed by atoms with Gasteiger partial charge in [-0.25, -0.2) is 0 Å². The Morgan fingerprint density at radius 3 is 2.25 bits per heavy atom. The molecule has 1 aromatic heterocycles. The largest absolute Gasteiger partial charge is 0.494 e. The van der Waals surface area contributed by atoms with Crippen LogP contribution in [0.15, 0.2) is 18.3 Å². The van der Waals surface area contributed by atoms with E-state index >= 15 is 0 Å². The highest BCUT2D eigenvalue weighted by Gasteiger charge is 2.51.